The van der Waals surface area contributed by atoms with Crippen molar-refractivity contribution < 1.29 is 0 Å². The highest BCUT2D eigenvalue weighted by atomic mass is 15.0. The van der Waals surface area contributed by atoms with Crippen molar-refractivity contribution in [2.75, 3.05) is 18.4 Å². The van der Waals surface area contributed by atoms with Gasteiger partial charge in [-0.25, -0.2) is 0 Å². The zero-order valence-corrected chi connectivity index (χ0v) is 14.9. The Morgan fingerprint density at radius 1 is 1.36 bits per heavy atom. The minimum Gasteiger partial charge on any atom is -0.388 e. The standard InChI is InChI=1S/C21H26N4/c1-3-18-19-10-15(2)7-8-21(19)25-14-20(18)16(11-22)12-23-13-17-6-4-5-9-24-17/h4-12,17,22-25H,3,13-14H2,1-2H3/b16-12+,22-11?. The summed E-state index contributed by atoms with van der Waals surface area (Å²) in [5.41, 5.74) is 7.18. The maximum atomic E-state index is 7.87. The smallest absolute Gasteiger partial charge is 0.0614 e. The highest BCUT2D eigenvalue weighted by Crippen LogP contribution is 2.35. The first-order chi connectivity index (χ1) is 12.2. The second kappa shape index (κ2) is 7.88. The summed E-state index contributed by atoms with van der Waals surface area (Å²) < 4.78 is 0. The largest absolute Gasteiger partial charge is 0.388 e. The van der Waals surface area contributed by atoms with Gasteiger partial charge >= 0.3 is 0 Å². The van der Waals surface area contributed by atoms with Gasteiger partial charge in [-0.1, -0.05) is 30.7 Å². The molecule has 1 aromatic carbocycles. The molecule has 0 bridgehead atoms. The third-order valence-electron chi connectivity index (χ3n) is 4.63. The normalized spacial score (nSPS) is 19.1. The first-order valence-corrected chi connectivity index (χ1v) is 8.83. The predicted molar refractivity (Wildman–Crippen MR) is 107 cm³/mol. The number of dihydropyridines is 1. The third-order valence-corrected chi connectivity index (χ3v) is 4.63. The van der Waals surface area contributed by atoms with Gasteiger partial charge in [-0.3, -0.25) is 0 Å². The molecule has 0 saturated carbocycles. The van der Waals surface area contributed by atoms with E-state index in [0.717, 1.165) is 25.1 Å². The van der Waals surface area contributed by atoms with Crippen LogP contribution in [-0.4, -0.2) is 25.3 Å². The summed E-state index contributed by atoms with van der Waals surface area (Å²) in [6, 6.07) is 6.80. The maximum absolute atomic E-state index is 7.87. The maximum Gasteiger partial charge on any atom is 0.0614 e. The van der Waals surface area contributed by atoms with Crippen molar-refractivity contribution in [2.45, 2.75) is 26.3 Å². The number of allylic oxidation sites excluding steroid dienone is 3. The van der Waals surface area contributed by atoms with Crippen LogP contribution in [0.25, 0.3) is 5.57 Å². The lowest BCUT2D eigenvalue weighted by molar-refractivity contribution is 0.652. The van der Waals surface area contributed by atoms with Crippen molar-refractivity contribution in [3.8, 4) is 0 Å². The van der Waals surface area contributed by atoms with Gasteiger partial charge in [0.15, 0.2) is 0 Å². The molecule has 25 heavy (non-hydrogen) atoms. The van der Waals surface area contributed by atoms with Crippen LogP contribution in [-0.2, 0) is 0 Å². The van der Waals surface area contributed by atoms with Crippen LogP contribution in [0.5, 0.6) is 0 Å². The Hall–Kier alpha value is -2.75. The van der Waals surface area contributed by atoms with Gasteiger partial charge in [-0.2, -0.15) is 0 Å². The molecule has 130 valence electrons. The van der Waals surface area contributed by atoms with Crippen molar-refractivity contribution in [2.24, 2.45) is 0 Å². The zero-order chi connectivity index (χ0) is 17.6. The zero-order valence-electron chi connectivity index (χ0n) is 14.9. The fourth-order valence-electron chi connectivity index (χ4n) is 3.32. The van der Waals surface area contributed by atoms with Gasteiger partial charge in [0, 0.05) is 42.3 Å². The number of hydrogen-bond acceptors (Lipinski definition) is 4. The van der Waals surface area contributed by atoms with Crippen molar-refractivity contribution in [3.05, 3.63) is 71.1 Å². The Morgan fingerprint density at radius 2 is 2.24 bits per heavy atom. The van der Waals surface area contributed by atoms with E-state index in [2.05, 4.69) is 54.1 Å². The third kappa shape index (κ3) is 3.85. The van der Waals surface area contributed by atoms with Crippen LogP contribution in [0, 0.1) is 12.3 Å². The molecule has 0 spiro atoms. The highest BCUT2D eigenvalue weighted by molar-refractivity contribution is 5.93. The Kier molecular flexibility index (Phi) is 5.39. The molecule has 2 aliphatic rings. The Morgan fingerprint density at radius 3 is 2.96 bits per heavy atom. The van der Waals surface area contributed by atoms with E-state index in [1.165, 1.54) is 34.2 Å². The van der Waals surface area contributed by atoms with E-state index in [9.17, 15) is 0 Å². The van der Waals surface area contributed by atoms with E-state index in [1.807, 2.05) is 24.6 Å². The Labute approximate surface area is 149 Å². The summed E-state index contributed by atoms with van der Waals surface area (Å²) in [6.45, 7) is 5.85. The summed E-state index contributed by atoms with van der Waals surface area (Å²) in [7, 11) is 0. The fourth-order valence-corrected chi connectivity index (χ4v) is 3.32. The van der Waals surface area contributed by atoms with Gasteiger partial charge in [-0.15, -0.1) is 0 Å². The number of anilines is 1. The summed E-state index contributed by atoms with van der Waals surface area (Å²) in [4.78, 5) is 0. The second-order valence-corrected chi connectivity index (χ2v) is 6.38. The number of benzene rings is 1. The molecule has 0 aromatic heterocycles. The van der Waals surface area contributed by atoms with Crippen LogP contribution < -0.4 is 16.0 Å². The fraction of sp³-hybridized carbons (Fsp3) is 0.286. The van der Waals surface area contributed by atoms with Crippen molar-refractivity contribution in [1.82, 2.24) is 10.6 Å². The second-order valence-electron chi connectivity index (χ2n) is 6.38. The van der Waals surface area contributed by atoms with Crippen LogP contribution in [0.2, 0.25) is 0 Å². The minimum atomic E-state index is 0.278. The van der Waals surface area contributed by atoms with E-state index in [4.69, 9.17) is 5.41 Å². The Bertz CT molecular complexity index is 768. The number of nitrogens with one attached hydrogen (secondary N) is 4. The summed E-state index contributed by atoms with van der Waals surface area (Å²) in [6.07, 6.45) is 12.5. The van der Waals surface area contributed by atoms with Crippen LogP contribution >= 0.6 is 0 Å². The lowest BCUT2D eigenvalue weighted by atomic mass is 9.88. The predicted octanol–water partition coefficient (Wildman–Crippen LogP) is 3.75. The summed E-state index contributed by atoms with van der Waals surface area (Å²) >= 11 is 0. The molecule has 4 nitrogen and oxygen atoms in total. The molecule has 1 atom stereocenters. The molecule has 0 fully saturated rings. The molecule has 0 amide bonds. The number of aryl methyl sites for hydroxylation is 1. The lowest BCUT2D eigenvalue weighted by Crippen LogP contribution is -2.33. The number of rotatable bonds is 6. The van der Waals surface area contributed by atoms with Crippen LogP contribution in [0.3, 0.4) is 0 Å². The van der Waals surface area contributed by atoms with Gasteiger partial charge in [-0.05, 0) is 48.9 Å². The van der Waals surface area contributed by atoms with E-state index in [0.29, 0.717) is 0 Å². The molecule has 2 heterocycles. The number of hydrogen-bond donors (Lipinski definition) is 4. The van der Waals surface area contributed by atoms with Crippen LogP contribution in [0.15, 0.2) is 60.0 Å². The molecule has 0 saturated heterocycles. The average molecular weight is 334 g/mol. The molecular formula is C21H26N4. The first kappa shape index (κ1) is 17.1. The molecular weight excluding hydrogens is 308 g/mol. The molecule has 2 aliphatic heterocycles. The quantitative estimate of drug-likeness (QED) is 0.599. The minimum absolute atomic E-state index is 0.278. The molecule has 4 heteroatoms. The van der Waals surface area contributed by atoms with Crippen molar-refractivity contribution >= 4 is 17.5 Å². The van der Waals surface area contributed by atoms with Crippen LogP contribution in [0.4, 0.5) is 5.69 Å². The monoisotopic (exact) mass is 334 g/mol. The average Bonchev–Trinajstić information content (AvgIpc) is 2.65. The van der Waals surface area contributed by atoms with E-state index in [-0.39, 0.29) is 6.04 Å². The van der Waals surface area contributed by atoms with Gasteiger partial charge in [0.25, 0.3) is 0 Å². The Balaban J connectivity index is 1.83. The molecule has 3 rings (SSSR count). The summed E-state index contributed by atoms with van der Waals surface area (Å²) in [5.74, 6) is 0. The summed E-state index contributed by atoms with van der Waals surface area (Å²) in [5, 5.41) is 18.0. The lowest BCUT2D eigenvalue weighted by Gasteiger charge is -2.25. The van der Waals surface area contributed by atoms with E-state index in [1.54, 1.807) is 0 Å². The van der Waals surface area contributed by atoms with Gasteiger partial charge in [0.05, 0.1) is 6.04 Å². The highest BCUT2D eigenvalue weighted by Gasteiger charge is 2.19. The molecule has 0 radical (unpaired) electrons. The van der Waals surface area contributed by atoms with Crippen LogP contribution in [0.1, 0.15) is 24.5 Å². The van der Waals surface area contributed by atoms with Gasteiger partial charge in [0.2, 0.25) is 0 Å². The van der Waals surface area contributed by atoms with Crippen molar-refractivity contribution in [3.63, 3.8) is 0 Å². The number of fused-ring (bicyclic) bond motifs is 1. The molecule has 4 N–H and O–H groups in total. The molecule has 1 aromatic rings. The van der Waals surface area contributed by atoms with Gasteiger partial charge in [0.1, 0.15) is 0 Å². The molecule has 1 unspecified atom stereocenters. The molecule has 0 aliphatic carbocycles. The SMILES string of the molecule is CCC1=C(/C(C=N)=C/NCC2C=CC=CN2)CNc2ccc(C)cc21. The van der Waals surface area contributed by atoms with E-state index >= 15 is 0 Å². The van der Waals surface area contributed by atoms with Crippen molar-refractivity contribution in [1.29, 1.82) is 5.41 Å². The van der Waals surface area contributed by atoms with E-state index < -0.39 is 0 Å². The first-order valence-electron chi connectivity index (χ1n) is 8.83. The van der Waals surface area contributed by atoms with Gasteiger partial charge < -0.3 is 21.4 Å². The topological polar surface area (TPSA) is 59.9 Å².